The van der Waals surface area contributed by atoms with E-state index < -0.39 is 58.9 Å². The van der Waals surface area contributed by atoms with Crippen molar-refractivity contribution in [3.8, 4) is 5.75 Å². The quantitative estimate of drug-likeness (QED) is 0.365. The summed E-state index contributed by atoms with van der Waals surface area (Å²) in [6, 6.07) is 4.16. The van der Waals surface area contributed by atoms with Crippen molar-refractivity contribution in [1.29, 1.82) is 0 Å². The van der Waals surface area contributed by atoms with Crippen molar-refractivity contribution >= 4 is 17.5 Å². The van der Waals surface area contributed by atoms with Gasteiger partial charge in [0.2, 0.25) is 5.82 Å². The van der Waals surface area contributed by atoms with Crippen molar-refractivity contribution in [2.45, 2.75) is 44.1 Å². The number of nitrogens with one attached hydrogen (secondary N) is 1. The number of aliphatic hydroxyl groups excluding tert-OH is 1. The Hall–Kier alpha value is -3.32. The van der Waals surface area contributed by atoms with E-state index in [-0.39, 0.29) is 36.6 Å². The predicted octanol–water partition coefficient (Wildman–Crippen LogP) is 3.30. The Kier molecular flexibility index (Phi) is 7.84. The first-order valence-electron chi connectivity index (χ1n) is 10.8. The number of anilines is 1. The minimum absolute atomic E-state index is 0.00382. The number of halogens is 5. The summed E-state index contributed by atoms with van der Waals surface area (Å²) in [4.78, 5) is 28.3. The Morgan fingerprint density at radius 3 is 2.58 bits per heavy atom. The van der Waals surface area contributed by atoms with Crippen LogP contribution in [-0.4, -0.2) is 53.0 Å². The molecule has 4 atom stereocenters. The molecule has 1 fully saturated rings. The number of hydrogen-bond acceptors (Lipinski definition) is 6. The third-order valence-corrected chi connectivity index (χ3v) is 6.20. The summed E-state index contributed by atoms with van der Waals surface area (Å²) in [7, 11) is 0. The van der Waals surface area contributed by atoms with Gasteiger partial charge in [-0.3, -0.25) is 14.6 Å². The lowest BCUT2D eigenvalue weighted by molar-refractivity contribution is -0.272. The molecular formula is C23H24F5N3O5. The van der Waals surface area contributed by atoms with E-state index in [1.54, 1.807) is 0 Å². The number of nitrogens with two attached hydrogens (primary N) is 1. The molecule has 13 heteroatoms. The third kappa shape index (κ3) is 5.12. The zero-order chi connectivity index (χ0) is 26.8. The summed E-state index contributed by atoms with van der Waals surface area (Å²) in [6.45, 7) is 1.36. The van der Waals surface area contributed by atoms with Crippen molar-refractivity contribution in [2.24, 2.45) is 11.7 Å². The van der Waals surface area contributed by atoms with Gasteiger partial charge in [-0.2, -0.15) is 17.6 Å². The fourth-order valence-electron chi connectivity index (χ4n) is 4.07. The lowest BCUT2D eigenvalue weighted by atomic mass is 9.77. The Labute approximate surface area is 202 Å². The molecule has 1 aromatic carbocycles. The fourth-order valence-corrected chi connectivity index (χ4v) is 4.07. The van der Waals surface area contributed by atoms with Gasteiger partial charge < -0.3 is 25.6 Å². The van der Waals surface area contributed by atoms with Crippen molar-refractivity contribution in [3.63, 3.8) is 0 Å². The summed E-state index contributed by atoms with van der Waals surface area (Å²) in [5, 5.41) is 11.3. The lowest BCUT2D eigenvalue weighted by Gasteiger charge is -2.32. The zero-order valence-electron chi connectivity index (χ0n) is 19.2. The van der Waals surface area contributed by atoms with Crippen LogP contribution in [0.25, 0.3) is 0 Å². The van der Waals surface area contributed by atoms with Crippen LogP contribution < -0.4 is 15.8 Å². The highest BCUT2D eigenvalue weighted by Crippen LogP contribution is 2.55. The van der Waals surface area contributed by atoms with E-state index in [9.17, 15) is 31.5 Å². The largest absolute Gasteiger partial charge is 0.490 e. The van der Waals surface area contributed by atoms with Gasteiger partial charge in [-0.15, -0.1) is 0 Å². The number of ether oxygens (including phenoxy) is 2. The molecule has 0 unspecified atom stereocenters. The Bertz CT molecular complexity index is 1150. The van der Waals surface area contributed by atoms with Gasteiger partial charge in [0.15, 0.2) is 17.2 Å². The third-order valence-electron chi connectivity index (χ3n) is 6.20. The normalized spacial score (nSPS) is 23.9. The van der Waals surface area contributed by atoms with E-state index in [1.165, 1.54) is 13.0 Å². The molecule has 0 saturated carbocycles. The Balaban J connectivity index is 2.07. The van der Waals surface area contributed by atoms with Gasteiger partial charge >= 0.3 is 6.18 Å². The molecule has 0 aliphatic carbocycles. The number of carbonyl (C=O) groups excluding carboxylic acids is 2. The molecule has 3 rings (SSSR count). The van der Waals surface area contributed by atoms with Gasteiger partial charge in [0.05, 0.1) is 6.61 Å². The molecule has 2 heterocycles. The molecule has 8 nitrogen and oxygen atoms in total. The molecule has 1 aliphatic heterocycles. The van der Waals surface area contributed by atoms with Crippen molar-refractivity contribution < 1.29 is 46.1 Å². The van der Waals surface area contributed by atoms with Crippen LogP contribution in [-0.2, 0) is 9.53 Å². The minimum Gasteiger partial charge on any atom is -0.490 e. The molecular weight excluding hydrogens is 493 g/mol. The molecule has 0 bridgehead atoms. The smallest absolute Gasteiger partial charge is 0.417 e. The van der Waals surface area contributed by atoms with E-state index in [0.29, 0.717) is 0 Å². The SMILES string of the molecule is C[C@H]1[C@@H](c2ccc(F)c(F)c2OCCCO)[C@H](C(=O)Nc2ccnc(C(N)=O)c2)O[C@@]1(C)C(F)(F)F. The maximum absolute atomic E-state index is 14.7. The molecule has 1 saturated heterocycles. The highest BCUT2D eigenvalue weighted by molar-refractivity contribution is 5.97. The van der Waals surface area contributed by atoms with E-state index in [1.807, 2.05) is 0 Å². The van der Waals surface area contributed by atoms with Crippen LogP contribution >= 0.6 is 0 Å². The first kappa shape index (κ1) is 27.3. The second-order valence-corrected chi connectivity index (χ2v) is 8.45. The van der Waals surface area contributed by atoms with Crippen LogP contribution in [0.15, 0.2) is 30.5 Å². The average molecular weight is 517 g/mol. The summed E-state index contributed by atoms with van der Waals surface area (Å²) >= 11 is 0. The Morgan fingerprint density at radius 2 is 1.97 bits per heavy atom. The van der Waals surface area contributed by atoms with Crippen LogP contribution in [0.1, 0.15) is 42.2 Å². The number of amides is 2. The monoisotopic (exact) mass is 517 g/mol. The number of hydrogen-bond donors (Lipinski definition) is 3. The molecule has 4 N–H and O–H groups in total. The number of rotatable bonds is 8. The highest BCUT2D eigenvalue weighted by Gasteiger charge is 2.65. The molecule has 36 heavy (non-hydrogen) atoms. The van der Waals surface area contributed by atoms with Crippen LogP contribution in [0.3, 0.4) is 0 Å². The zero-order valence-corrected chi connectivity index (χ0v) is 19.2. The molecule has 0 radical (unpaired) electrons. The lowest BCUT2D eigenvalue weighted by Crippen LogP contribution is -2.47. The van der Waals surface area contributed by atoms with E-state index in [2.05, 4.69) is 10.3 Å². The van der Waals surface area contributed by atoms with Crippen molar-refractivity contribution in [1.82, 2.24) is 4.98 Å². The maximum Gasteiger partial charge on any atom is 0.417 e. The molecule has 1 aliphatic rings. The van der Waals surface area contributed by atoms with E-state index >= 15 is 0 Å². The second-order valence-electron chi connectivity index (χ2n) is 8.45. The van der Waals surface area contributed by atoms with Crippen LogP contribution in [0, 0.1) is 17.6 Å². The number of nitrogens with zero attached hydrogens (tertiary/aromatic N) is 1. The highest BCUT2D eigenvalue weighted by atomic mass is 19.4. The number of aromatic nitrogens is 1. The number of benzene rings is 1. The van der Waals surface area contributed by atoms with Gasteiger partial charge in [-0.25, -0.2) is 4.39 Å². The fraction of sp³-hybridized carbons (Fsp3) is 0.435. The van der Waals surface area contributed by atoms with Crippen molar-refractivity contribution in [2.75, 3.05) is 18.5 Å². The van der Waals surface area contributed by atoms with Gasteiger partial charge in [0, 0.05) is 42.3 Å². The first-order chi connectivity index (χ1) is 16.8. The van der Waals surface area contributed by atoms with Crippen LogP contribution in [0.5, 0.6) is 5.75 Å². The molecule has 196 valence electrons. The molecule has 2 amide bonds. The number of alkyl halides is 3. The van der Waals surface area contributed by atoms with Crippen molar-refractivity contribution in [3.05, 3.63) is 53.4 Å². The molecule has 1 aromatic heterocycles. The minimum atomic E-state index is -4.92. The van der Waals surface area contributed by atoms with Gasteiger partial charge in [0.1, 0.15) is 11.8 Å². The number of carbonyl (C=O) groups is 2. The van der Waals surface area contributed by atoms with Gasteiger partial charge in [0.25, 0.3) is 11.8 Å². The second kappa shape index (κ2) is 10.3. The van der Waals surface area contributed by atoms with E-state index in [0.717, 1.165) is 31.3 Å². The summed E-state index contributed by atoms with van der Waals surface area (Å²) < 4.78 is 81.5. The topological polar surface area (TPSA) is 124 Å². The van der Waals surface area contributed by atoms with Crippen LogP contribution in [0.4, 0.5) is 27.6 Å². The Morgan fingerprint density at radius 1 is 1.28 bits per heavy atom. The number of aliphatic hydroxyl groups is 1. The first-order valence-corrected chi connectivity index (χ1v) is 10.8. The van der Waals surface area contributed by atoms with Gasteiger partial charge in [-0.1, -0.05) is 13.0 Å². The molecule has 0 spiro atoms. The average Bonchev–Trinajstić information content (AvgIpc) is 3.09. The summed E-state index contributed by atoms with van der Waals surface area (Å²) in [5.74, 6) is -8.23. The molecule has 2 aromatic rings. The van der Waals surface area contributed by atoms with E-state index in [4.69, 9.17) is 20.3 Å². The maximum atomic E-state index is 14.7. The number of primary amides is 1. The summed E-state index contributed by atoms with van der Waals surface area (Å²) in [5.41, 5.74) is 1.93. The summed E-state index contributed by atoms with van der Waals surface area (Å²) in [6.07, 6.45) is -5.54. The number of pyridine rings is 1. The standard InChI is InChI=1S/C23H24F5N3O5/c1-11-16(13-4-5-14(24)17(25)18(13)35-9-3-8-32)19(36-22(11,2)23(26,27)28)21(34)31-12-6-7-30-15(10-12)20(29)33/h4-7,10-11,16,19,32H,3,8-9H2,1-2H3,(H2,29,33)(H,30,31,34)/t11-,16-,19+,22+/m0/s1. The van der Waals surface area contributed by atoms with Crippen LogP contribution in [0.2, 0.25) is 0 Å². The van der Waals surface area contributed by atoms with Gasteiger partial charge in [-0.05, 0) is 25.1 Å². The predicted molar refractivity (Wildman–Crippen MR) is 116 cm³/mol.